The second kappa shape index (κ2) is 7.92. The highest BCUT2D eigenvalue weighted by Gasteiger charge is 2.36. The Bertz CT molecular complexity index is 869. The number of aryl methyl sites for hydroxylation is 1. The normalized spacial score (nSPS) is 13.2. The van der Waals surface area contributed by atoms with Gasteiger partial charge in [-0.25, -0.2) is 13.8 Å². The summed E-state index contributed by atoms with van der Waals surface area (Å²) in [4.78, 5) is 16.8. The molecule has 2 aromatic heterocycles. The summed E-state index contributed by atoms with van der Waals surface area (Å²) < 4.78 is 32.9. The molecule has 1 aromatic carbocycles. The maximum absolute atomic E-state index is 14.0. The lowest BCUT2D eigenvalue weighted by Crippen LogP contribution is -2.46. The lowest BCUT2D eigenvalue weighted by molar-refractivity contribution is -0.130. The predicted octanol–water partition coefficient (Wildman–Crippen LogP) is 4.89. The van der Waals surface area contributed by atoms with E-state index in [0.717, 1.165) is 17.7 Å². The molecule has 1 unspecified atom stereocenters. The number of hydrogen-bond donors (Lipinski definition) is 1. The van der Waals surface area contributed by atoms with Crippen LogP contribution in [0.2, 0.25) is 0 Å². The SMILES string of the molecule is CC(CCc1ccsc1)(Oc1ccc(F)cc1F)C(=O)Nc1nccs1. The molecule has 0 aliphatic carbocycles. The highest BCUT2D eigenvalue weighted by molar-refractivity contribution is 7.13. The molecule has 0 aliphatic rings. The molecule has 0 saturated heterocycles. The third-order valence-electron chi connectivity index (χ3n) is 3.83. The van der Waals surface area contributed by atoms with E-state index in [1.54, 1.807) is 29.8 Å². The predicted molar refractivity (Wildman–Crippen MR) is 98.8 cm³/mol. The van der Waals surface area contributed by atoms with Crippen molar-refractivity contribution in [2.45, 2.75) is 25.4 Å². The van der Waals surface area contributed by atoms with Crippen LogP contribution in [0, 0.1) is 11.6 Å². The van der Waals surface area contributed by atoms with Gasteiger partial charge in [-0.15, -0.1) is 11.3 Å². The monoisotopic (exact) mass is 394 g/mol. The minimum Gasteiger partial charge on any atom is -0.475 e. The van der Waals surface area contributed by atoms with E-state index in [1.807, 2.05) is 16.8 Å². The van der Waals surface area contributed by atoms with Gasteiger partial charge < -0.3 is 4.74 Å². The zero-order valence-corrected chi connectivity index (χ0v) is 15.5. The minimum absolute atomic E-state index is 0.173. The number of nitrogens with one attached hydrogen (secondary N) is 1. The summed E-state index contributed by atoms with van der Waals surface area (Å²) in [6.07, 6.45) is 2.47. The maximum Gasteiger partial charge on any atom is 0.270 e. The zero-order chi connectivity index (χ0) is 18.6. The average Bonchev–Trinajstić information content (AvgIpc) is 3.29. The highest BCUT2D eigenvalue weighted by atomic mass is 32.1. The first kappa shape index (κ1) is 18.5. The van der Waals surface area contributed by atoms with Crippen LogP contribution in [0.15, 0.2) is 46.6 Å². The third-order valence-corrected chi connectivity index (χ3v) is 5.25. The summed E-state index contributed by atoms with van der Waals surface area (Å²) in [7, 11) is 0. The van der Waals surface area contributed by atoms with Gasteiger partial charge >= 0.3 is 0 Å². The molecule has 26 heavy (non-hydrogen) atoms. The third kappa shape index (κ3) is 4.44. The summed E-state index contributed by atoms with van der Waals surface area (Å²) in [5, 5.41) is 8.79. The van der Waals surface area contributed by atoms with Crippen LogP contribution < -0.4 is 10.1 Å². The Labute approximate surface area is 157 Å². The summed E-state index contributed by atoms with van der Waals surface area (Å²) in [5.41, 5.74) is -0.293. The van der Waals surface area contributed by atoms with Crippen molar-refractivity contribution in [3.05, 3.63) is 63.8 Å². The number of anilines is 1. The molecule has 1 atom stereocenters. The Kier molecular flexibility index (Phi) is 5.63. The molecule has 2 heterocycles. The molecule has 0 spiro atoms. The maximum atomic E-state index is 14.0. The van der Waals surface area contributed by atoms with Crippen molar-refractivity contribution in [1.29, 1.82) is 0 Å². The molecule has 1 N–H and O–H groups in total. The fourth-order valence-electron chi connectivity index (χ4n) is 2.34. The second-order valence-corrected chi connectivity index (χ2v) is 7.51. The van der Waals surface area contributed by atoms with E-state index in [0.29, 0.717) is 18.0 Å². The number of ether oxygens (including phenoxy) is 1. The Morgan fingerprint density at radius 3 is 2.81 bits per heavy atom. The van der Waals surface area contributed by atoms with Crippen LogP contribution in [0.25, 0.3) is 0 Å². The number of hydrogen-bond acceptors (Lipinski definition) is 5. The fourth-order valence-corrected chi connectivity index (χ4v) is 3.57. The summed E-state index contributed by atoms with van der Waals surface area (Å²) in [5.74, 6) is -2.17. The van der Waals surface area contributed by atoms with Crippen LogP contribution in [0.1, 0.15) is 18.9 Å². The molecule has 1 amide bonds. The fraction of sp³-hybridized carbons (Fsp3) is 0.222. The largest absolute Gasteiger partial charge is 0.475 e. The topological polar surface area (TPSA) is 51.2 Å². The molecule has 4 nitrogen and oxygen atoms in total. The van der Waals surface area contributed by atoms with Crippen LogP contribution in [-0.4, -0.2) is 16.5 Å². The summed E-state index contributed by atoms with van der Waals surface area (Å²) in [6, 6.07) is 4.97. The number of thiophene rings is 1. The van der Waals surface area contributed by atoms with Gasteiger partial charge in [0.25, 0.3) is 5.91 Å². The molecule has 0 saturated carbocycles. The number of amides is 1. The van der Waals surface area contributed by atoms with Gasteiger partial charge in [-0.2, -0.15) is 11.3 Å². The lowest BCUT2D eigenvalue weighted by atomic mass is 9.96. The molecular formula is C18H16F2N2O2S2. The first-order valence-electron chi connectivity index (χ1n) is 7.82. The van der Waals surface area contributed by atoms with Crippen LogP contribution in [0.3, 0.4) is 0 Å². The van der Waals surface area contributed by atoms with Gasteiger partial charge in [0.2, 0.25) is 0 Å². The van der Waals surface area contributed by atoms with E-state index in [1.165, 1.54) is 17.4 Å². The Balaban J connectivity index is 1.82. The first-order valence-corrected chi connectivity index (χ1v) is 9.64. The lowest BCUT2D eigenvalue weighted by Gasteiger charge is -2.29. The molecule has 0 bridgehead atoms. The molecular weight excluding hydrogens is 378 g/mol. The average molecular weight is 394 g/mol. The van der Waals surface area contributed by atoms with Crippen LogP contribution in [-0.2, 0) is 11.2 Å². The van der Waals surface area contributed by atoms with Gasteiger partial charge in [0, 0.05) is 24.1 Å². The van der Waals surface area contributed by atoms with E-state index in [2.05, 4.69) is 10.3 Å². The standard InChI is InChI=1S/C18H16F2N2O2S2/c1-18(6-4-12-5-8-25-11-12,16(23)22-17-21-7-9-26-17)24-15-3-2-13(19)10-14(15)20/h2-3,5,7-11H,4,6H2,1H3,(H,21,22,23). The van der Waals surface area contributed by atoms with Gasteiger partial charge in [-0.05, 0) is 47.9 Å². The van der Waals surface area contributed by atoms with Crippen molar-refractivity contribution in [2.24, 2.45) is 0 Å². The van der Waals surface area contributed by atoms with Crippen LogP contribution in [0.5, 0.6) is 5.75 Å². The van der Waals surface area contributed by atoms with Gasteiger partial charge in [0.1, 0.15) is 5.82 Å². The minimum atomic E-state index is -1.35. The van der Waals surface area contributed by atoms with Crippen molar-refractivity contribution in [3.8, 4) is 5.75 Å². The smallest absolute Gasteiger partial charge is 0.270 e. The Morgan fingerprint density at radius 1 is 1.31 bits per heavy atom. The molecule has 8 heteroatoms. The number of nitrogens with zero attached hydrogens (tertiary/aromatic N) is 1. The highest BCUT2D eigenvalue weighted by Crippen LogP contribution is 2.28. The van der Waals surface area contributed by atoms with Gasteiger partial charge in [-0.3, -0.25) is 10.1 Å². The van der Waals surface area contributed by atoms with E-state index in [-0.39, 0.29) is 5.75 Å². The summed E-state index contributed by atoms with van der Waals surface area (Å²) >= 11 is 2.83. The van der Waals surface area contributed by atoms with E-state index < -0.39 is 23.1 Å². The van der Waals surface area contributed by atoms with Gasteiger partial charge in [0.05, 0.1) is 0 Å². The quantitative estimate of drug-likeness (QED) is 0.621. The molecule has 0 fully saturated rings. The van der Waals surface area contributed by atoms with Crippen molar-refractivity contribution in [2.75, 3.05) is 5.32 Å². The van der Waals surface area contributed by atoms with E-state index in [9.17, 15) is 13.6 Å². The van der Waals surface area contributed by atoms with Crippen molar-refractivity contribution in [3.63, 3.8) is 0 Å². The van der Waals surface area contributed by atoms with Crippen LogP contribution >= 0.6 is 22.7 Å². The number of carbonyl (C=O) groups is 1. The summed E-state index contributed by atoms with van der Waals surface area (Å²) in [6.45, 7) is 1.59. The second-order valence-electron chi connectivity index (χ2n) is 5.83. The van der Waals surface area contributed by atoms with Crippen molar-refractivity contribution < 1.29 is 18.3 Å². The number of rotatable bonds is 7. The van der Waals surface area contributed by atoms with E-state index in [4.69, 9.17) is 4.74 Å². The van der Waals surface area contributed by atoms with E-state index >= 15 is 0 Å². The van der Waals surface area contributed by atoms with Gasteiger partial charge in [-0.1, -0.05) is 0 Å². The number of aromatic nitrogens is 1. The first-order chi connectivity index (χ1) is 12.5. The molecule has 3 aromatic rings. The number of thiazole rings is 1. The molecule has 136 valence electrons. The Morgan fingerprint density at radius 2 is 2.15 bits per heavy atom. The molecule has 3 rings (SSSR count). The molecule has 0 aliphatic heterocycles. The van der Waals surface area contributed by atoms with Gasteiger partial charge in [0.15, 0.2) is 22.3 Å². The number of halogens is 2. The number of carbonyl (C=O) groups excluding carboxylic acids is 1. The Hall–Kier alpha value is -2.32. The zero-order valence-electron chi connectivity index (χ0n) is 13.9. The number of benzene rings is 1. The molecule has 0 radical (unpaired) electrons. The van der Waals surface area contributed by atoms with Crippen LogP contribution in [0.4, 0.5) is 13.9 Å². The van der Waals surface area contributed by atoms with Crippen molar-refractivity contribution in [1.82, 2.24) is 4.98 Å². The van der Waals surface area contributed by atoms with Crippen molar-refractivity contribution >= 4 is 33.7 Å².